The molecule has 224 valence electrons. The minimum absolute atomic E-state index is 0.0343. The second-order valence-electron chi connectivity index (χ2n) is 11.4. The van der Waals surface area contributed by atoms with Crippen LogP contribution in [0.5, 0.6) is 11.5 Å². The molecule has 1 aliphatic heterocycles. The van der Waals surface area contributed by atoms with Gasteiger partial charge in [-0.15, -0.1) is 0 Å². The predicted molar refractivity (Wildman–Crippen MR) is 163 cm³/mol. The number of benzene rings is 3. The van der Waals surface area contributed by atoms with E-state index in [1.165, 1.54) is 11.8 Å². The quantitative estimate of drug-likeness (QED) is 0.353. The van der Waals surface area contributed by atoms with Crippen LogP contribution in [-0.2, 0) is 32.6 Å². The Morgan fingerprint density at radius 2 is 1.62 bits per heavy atom. The van der Waals surface area contributed by atoms with Gasteiger partial charge in [-0.3, -0.25) is 13.9 Å². The molecular weight excluding hydrogens is 554 g/mol. The molecule has 0 aliphatic carbocycles. The lowest BCUT2D eigenvalue weighted by Gasteiger charge is -2.35. The van der Waals surface area contributed by atoms with Crippen molar-refractivity contribution in [1.82, 2.24) is 10.2 Å². The Kier molecular flexibility index (Phi) is 9.46. The normalized spacial score (nSPS) is 13.4. The molecule has 0 unspecified atom stereocenters. The van der Waals surface area contributed by atoms with Gasteiger partial charge in [0.25, 0.3) is 0 Å². The standard InChI is InChI=1S/C32H39N3O6S/c1-6-42(38,39)35(26-15-16-28-29(19-26)41-22-40-28)21-30(36)34(20-25-14-10-11-23(2)17-25)27(31(37)33-32(3,4)5)18-24-12-8-7-9-13-24/h7-17,19,27H,6,18,20-22H2,1-5H3,(H,33,37)/t27-/m1/s1. The first-order chi connectivity index (χ1) is 19.9. The van der Waals surface area contributed by atoms with Crippen LogP contribution in [0.1, 0.15) is 44.4 Å². The number of ether oxygens (including phenoxy) is 2. The average Bonchev–Trinajstić information content (AvgIpc) is 3.41. The molecule has 0 saturated heterocycles. The summed E-state index contributed by atoms with van der Waals surface area (Å²) in [6.07, 6.45) is 0.255. The zero-order valence-corrected chi connectivity index (χ0v) is 25.6. The van der Waals surface area contributed by atoms with Crippen molar-refractivity contribution in [3.05, 3.63) is 89.5 Å². The smallest absolute Gasteiger partial charge is 0.244 e. The number of rotatable bonds is 11. The number of aryl methyl sites for hydroxylation is 1. The number of carbonyl (C=O) groups is 2. The van der Waals surface area contributed by atoms with Gasteiger partial charge in [0.15, 0.2) is 11.5 Å². The third kappa shape index (κ3) is 7.82. The number of nitrogens with zero attached hydrogens (tertiary/aromatic N) is 2. The molecule has 1 aliphatic rings. The Morgan fingerprint density at radius 1 is 0.929 bits per heavy atom. The lowest BCUT2D eigenvalue weighted by Crippen LogP contribution is -2.56. The van der Waals surface area contributed by atoms with Gasteiger partial charge in [-0.2, -0.15) is 0 Å². The third-order valence-electron chi connectivity index (χ3n) is 6.83. The maximum absolute atomic E-state index is 14.3. The molecule has 0 fully saturated rings. The lowest BCUT2D eigenvalue weighted by atomic mass is 10.0. The van der Waals surface area contributed by atoms with Crippen LogP contribution in [0.4, 0.5) is 5.69 Å². The molecule has 1 atom stereocenters. The Hall–Kier alpha value is -4.05. The summed E-state index contributed by atoms with van der Waals surface area (Å²) in [6, 6.07) is 21.1. The van der Waals surface area contributed by atoms with Crippen molar-refractivity contribution >= 4 is 27.5 Å². The molecule has 3 aromatic rings. The lowest BCUT2D eigenvalue weighted by molar-refractivity contribution is -0.140. The van der Waals surface area contributed by atoms with Gasteiger partial charge in [0.2, 0.25) is 28.6 Å². The Balaban J connectivity index is 1.76. The van der Waals surface area contributed by atoms with Crippen molar-refractivity contribution in [1.29, 1.82) is 0 Å². The van der Waals surface area contributed by atoms with E-state index < -0.39 is 34.1 Å². The molecule has 42 heavy (non-hydrogen) atoms. The van der Waals surface area contributed by atoms with Gasteiger partial charge >= 0.3 is 0 Å². The van der Waals surface area contributed by atoms with Gasteiger partial charge in [0, 0.05) is 24.6 Å². The average molecular weight is 594 g/mol. The van der Waals surface area contributed by atoms with Gasteiger partial charge in [-0.25, -0.2) is 8.42 Å². The molecule has 1 heterocycles. The van der Waals surface area contributed by atoms with Gasteiger partial charge in [-0.05, 0) is 57.9 Å². The molecule has 0 saturated carbocycles. The summed E-state index contributed by atoms with van der Waals surface area (Å²) in [7, 11) is -3.88. The SMILES string of the molecule is CCS(=O)(=O)N(CC(=O)N(Cc1cccc(C)c1)[C@H](Cc1ccccc1)C(=O)NC(C)(C)C)c1ccc2c(c1)OCO2. The summed E-state index contributed by atoms with van der Waals surface area (Å²) >= 11 is 0. The molecule has 10 heteroatoms. The largest absolute Gasteiger partial charge is 0.454 e. The van der Waals surface area contributed by atoms with Crippen LogP contribution in [0.3, 0.4) is 0 Å². The van der Waals surface area contributed by atoms with Crippen LogP contribution < -0.4 is 19.1 Å². The third-order valence-corrected chi connectivity index (χ3v) is 8.57. The topological polar surface area (TPSA) is 105 Å². The molecule has 9 nitrogen and oxygen atoms in total. The highest BCUT2D eigenvalue weighted by Crippen LogP contribution is 2.36. The predicted octanol–water partition coefficient (Wildman–Crippen LogP) is 4.43. The highest BCUT2D eigenvalue weighted by Gasteiger charge is 2.35. The van der Waals surface area contributed by atoms with E-state index in [9.17, 15) is 18.0 Å². The second-order valence-corrected chi connectivity index (χ2v) is 13.6. The van der Waals surface area contributed by atoms with Crippen LogP contribution in [0.25, 0.3) is 0 Å². The number of fused-ring (bicyclic) bond motifs is 1. The fourth-order valence-electron chi connectivity index (χ4n) is 4.77. The second kappa shape index (κ2) is 12.9. The summed E-state index contributed by atoms with van der Waals surface area (Å²) in [6.45, 7) is 8.79. The highest BCUT2D eigenvalue weighted by atomic mass is 32.2. The first-order valence-electron chi connectivity index (χ1n) is 14.0. The van der Waals surface area contributed by atoms with Crippen molar-refractivity contribution in [3.8, 4) is 11.5 Å². The number of nitrogens with one attached hydrogen (secondary N) is 1. The monoisotopic (exact) mass is 593 g/mol. The Morgan fingerprint density at radius 3 is 2.29 bits per heavy atom. The summed E-state index contributed by atoms with van der Waals surface area (Å²) < 4.78 is 38.6. The highest BCUT2D eigenvalue weighted by molar-refractivity contribution is 7.92. The Labute approximate surface area is 248 Å². The molecule has 3 aromatic carbocycles. The van der Waals surface area contributed by atoms with Crippen molar-refractivity contribution in [3.63, 3.8) is 0 Å². The molecule has 0 aromatic heterocycles. The summed E-state index contributed by atoms with van der Waals surface area (Å²) in [5.74, 6) is -0.137. The number of carbonyl (C=O) groups excluding carboxylic acids is 2. The summed E-state index contributed by atoms with van der Waals surface area (Å²) in [5, 5.41) is 3.03. The van der Waals surface area contributed by atoms with Gasteiger partial charge in [0.05, 0.1) is 11.4 Å². The summed E-state index contributed by atoms with van der Waals surface area (Å²) in [4.78, 5) is 29.6. The van der Waals surface area contributed by atoms with Gasteiger partial charge in [0.1, 0.15) is 12.6 Å². The van der Waals surface area contributed by atoms with E-state index in [1.807, 2.05) is 82.3 Å². The molecule has 0 bridgehead atoms. The Bertz CT molecular complexity index is 1520. The zero-order chi connectivity index (χ0) is 30.5. The maximum atomic E-state index is 14.3. The van der Waals surface area contributed by atoms with Crippen LogP contribution >= 0.6 is 0 Å². The number of anilines is 1. The van der Waals surface area contributed by atoms with E-state index in [-0.39, 0.29) is 37.1 Å². The number of amides is 2. The first kappa shape index (κ1) is 30.9. The number of hydrogen-bond acceptors (Lipinski definition) is 6. The minimum atomic E-state index is -3.88. The van der Waals surface area contributed by atoms with E-state index >= 15 is 0 Å². The molecule has 0 spiro atoms. The molecule has 1 N–H and O–H groups in total. The van der Waals surface area contributed by atoms with E-state index in [4.69, 9.17) is 9.47 Å². The minimum Gasteiger partial charge on any atom is -0.454 e. The molecule has 2 amide bonds. The van der Waals surface area contributed by atoms with Crippen LogP contribution in [0.2, 0.25) is 0 Å². The maximum Gasteiger partial charge on any atom is 0.244 e. The fraction of sp³-hybridized carbons (Fsp3) is 0.375. The van der Waals surface area contributed by atoms with Crippen LogP contribution in [0, 0.1) is 6.92 Å². The molecular formula is C32H39N3O6S. The number of sulfonamides is 1. The van der Waals surface area contributed by atoms with Crippen molar-refractivity contribution in [2.45, 2.75) is 59.2 Å². The van der Waals surface area contributed by atoms with E-state index in [1.54, 1.807) is 18.2 Å². The van der Waals surface area contributed by atoms with E-state index in [0.717, 1.165) is 21.0 Å². The molecule has 4 rings (SSSR count). The van der Waals surface area contributed by atoms with Crippen molar-refractivity contribution in [2.75, 3.05) is 23.4 Å². The molecule has 0 radical (unpaired) electrons. The first-order valence-corrected chi connectivity index (χ1v) is 15.6. The van der Waals surface area contributed by atoms with Gasteiger partial charge < -0.3 is 19.7 Å². The van der Waals surface area contributed by atoms with Gasteiger partial charge in [-0.1, -0.05) is 60.2 Å². The van der Waals surface area contributed by atoms with Crippen LogP contribution in [0.15, 0.2) is 72.8 Å². The van der Waals surface area contributed by atoms with E-state index in [0.29, 0.717) is 11.5 Å². The number of hydrogen-bond donors (Lipinski definition) is 1. The zero-order valence-electron chi connectivity index (χ0n) is 24.8. The van der Waals surface area contributed by atoms with Crippen molar-refractivity contribution in [2.24, 2.45) is 0 Å². The van der Waals surface area contributed by atoms with Crippen LogP contribution in [-0.4, -0.2) is 55.8 Å². The summed E-state index contributed by atoms with van der Waals surface area (Å²) in [5.41, 5.74) is 2.45. The van der Waals surface area contributed by atoms with Crippen molar-refractivity contribution < 1.29 is 27.5 Å². The fourth-order valence-corrected chi connectivity index (χ4v) is 5.83. The van der Waals surface area contributed by atoms with E-state index in [2.05, 4.69) is 5.32 Å².